The predicted octanol–water partition coefficient (Wildman–Crippen LogP) is 4.61. The van der Waals surface area contributed by atoms with Gasteiger partial charge in [0.15, 0.2) is 0 Å². The molecule has 1 aliphatic rings. The van der Waals surface area contributed by atoms with Crippen LogP contribution in [0.2, 0.25) is 0 Å². The Bertz CT molecular complexity index is 1180. The minimum absolute atomic E-state index is 0.0466. The molecule has 0 spiro atoms. The number of benzene rings is 2. The Morgan fingerprint density at radius 3 is 2.42 bits per heavy atom. The molecule has 2 aromatic rings. The van der Waals surface area contributed by atoms with Crippen LogP contribution in [0.25, 0.3) is 0 Å². The van der Waals surface area contributed by atoms with Crippen molar-refractivity contribution in [2.75, 3.05) is 32.2 Å². The van der Waals surface area contributed by atoms with Crippen molar-refractivity contribution >= 4 is 23.5 Å². The minimum atomic E-state index is -1.07. The van der Waals surface area contributed by atoms with Crippen molar-refractivity contribution in [2.45, 2.75) is 57.9 Å². The fourth-order valence-electron chi connectivity index (χ4n) is 4.88. The van der Waals surface area contributed by atoms with Crippen LogP contribution in [-0.4, -0.2) is 54.7 Å². The Labute approximate surface area is 220 Å². The van der Waals surface area contributed by atoms with Crippen LogP contribution in [0.5, 0.6) is 5.75 Å². The second-order valence-electron chi connectivity index (χ2n) is 9.90. The molecule has 206 valence electrons. The van der Waals surface area contributed by atoms with Gasteiger partial charge < -0.3 is 24.8 Å². The number of aliphatic carboxylic acids is 1. The summed E-state index contributed by atoms with van der Waals surface area (Å²) in [7, 11) is 1.44. The maximum atomic E-state index is 15.0. The number of carbonyl (C=O) groups excluding carboxylic acids is 2. The molecule has 8 nitrogen and oxygen atoms in total. The molecular formula is C28H34F2N2O6. The molecule has 0 aromatic heterocycles. The number of carbonyl (C=O) groups is 3. The Hall–Kier alpha value is -3.53. The second-order valence-corrected chi connectivity index (χ2v) is 9.90. The molecule has 0 bridgehead atoms. The van der Waals surface area contributed by atoms with E-state index in [1.54, 1.807) is 26.0 Å². The highest BCUT2D eigenvalue weighted by molar-refractivity contribution is 5.98. The van der Waals surface area contributed by atoms with Crippen LogP contribution in [0.4, 0.5) is 14.5 Å². The average Bonchev–Trinajstić information content (AvgIpc) is 2.82. The van der Waals surface area contributed by atoms with Gasteiger partial charge in [-0.1, -0.05) is 19.9 Å². The molecule has 1 aliphatic heterocycles. The first-order chi connectivity index (χ1) is 18.0. The summed E-state index contributed by atoms with van der Waals surface area (Å²) in [6.07, 6.45) is 0.381. The Morgan fingerprint density at radius 2 is 1.82 bits per heavy atom. The van der Waals surface area contributed by atoms with Gasteiger partial charge >= 0.3 is 5.97 Å². The number of hydrogen-bond donors (Lipinski definition) is 2. The topological polar surface area (TPSA) is 105 Å². The lowest BCUT2D eigenvalue weighted by molar-refractivity contribution is -0.140. The number of fused-ring (bicyclic) bond motifs is 1. The zero-order valence-electron chi connectivity index (χ0n) is 22.1. The number of nitrogens with one attached hydrogen (secondary N) is 1. The Balaban J connectivity index is 1.93. The third kappa shape index (κ3) is 6.66. The minimum Gasteiger partial charge on any atom is -0.494 e. The fourth-order valence-corrected chi connectivity index (χ4v) is 4.88. The van der Waals surface area contributed by atoms with E-state index in [-0.39, 0.29) is 49.6 Å². The van der Waals surface area contributed by atoms with Crippen LogP contribution in [0.15, 0.2) is 30.3 Å². The van der Waals surface area contributed by atoms with Gasteiger partial charge in [0.25, 0.3) is 5.91 Å². The number of carboxylic acid groups (broad SMARTS) is 1. The Morgan fingerprint density at radius 1 is 1.13 bits per heavy atom. The summed E-state index contributed by atoms with van der Waals surface area (Å²) in [5.74, 6) is -3.04. The van der Waals surface area contributed by atoms with Crippen LogP contribution in [0.3, 0.4) is 0 Å². The highest BCUT2D eigenvalue weighted by Crippen LogP contribution is 2.35. The largest absolute Gasteiger partial charge is 0.494 e. The van der Waals surface area contributed by atoms with Gasteiger partial charge in [-0.05, 0) is 55.2 Å². The van der Waals surface area contributed by atoms with E-state index in [2.05, 4.69) is 5.32 Å². The summed E-state index contributed by atoms with van der Waals surface area (Å²) >= 11 is 0. The molecule has 0 saturated heterocycles. The van der Waals surface area contributed by atoms with Gasteiger partial charge in [-0.15, -0.1) is 0 Å². The van der Waals surface area contributed by atoms with Crippen molar-refractivity contribution in [1.29, 1.82) is 0 Å². The summed E-state index contributed by atoms with van der Waals surface area (Å²) in [4.78, 5) is 38.9. The zero-order chi connectivity index (χ0) is 28.0. The van der Waals surface area contributed by atoms with Crippen molar-refractivity contribution in [3.63, 3.8) is 0 Å². The molecule has 0 fully saturated rings. The molecule has 38 heavy (non-hydrogen) atoms. The van der Waals surface area contributed by atoms with E-state index in [9.17, 15) is 14.4 Å². The Kier molecular flexibility index (Phi) is 9.43. The standard InChI is InChI=1S/C28H34F2N2O6/c1-5-38-19-9-10-20-17(13-19)11-12-32(23(33)7-6-8-24(34)35)26(20)27(36)31-18-14-21(29)25(22(30)15-18)28(2,3)16-37-4/h9-10,13-15,26H,5-8,11-12,16H2,1-4H3,(H,31,36)(H,34,35)/t26-/m1/s1. The van der Waals surface area contributed by atoms with Crippen LogP contribution in [-0.2, 0) is 31.0 Å². The van der Waals surface area contributed by atoms with Crippen molar-refractivity contribution in [3.8, 4) is 5.75 Å². The fraction of sp³-hybridized carbons (Fsp3) is 0.464. The number of methoxy groups -OCH3 is 1. The van der Waals surface area contributed by atoms with Crippen molar-refractivity contribution in [1.82, 2.24) is 4.90 Å². The van der Waals surface area contributed by atoms with E-state index < -0.39 is 35.0 Å². The lowest BCUT2D eigenvalue weighted by Crippen LogP contribution is -2.45. The number of ether oxygens (including phenoxy) is 2. The molecule has 0 aliphatic carbocycles. The van der Waals surface area contributed by atoms with E-state index in [1.165, 1.54) is 12.0 Å². The van der Waals surface area contributed by atoms with Gasteiger partial charge in [0.2, 0.25) is 5.91 Å². The summed E-state index contributed by atoms with van der Waals surface area (Å²) in [5.41, 5.74) is 0.213. The molecule has 2 aromatic carbocycles. The third-order valence-electron chi connectivity index (χ3n) is 6.50. The highest BCUT2D eigenvalue weighted by atomic mass is 19.1. The number of rotatable bonds is 11. The number of hydrogen-bond acceptors (Lipinski definition) is 5. The summed E-state index contributed by atoms with van der Waals surface area (Å²) < 4.78 is 40.7. The normalized spacial score (nSPS) is 15.1. The van der Waals surface area contributed by atoms with E-state index in [4.69, 9.17) is 14.6 Å². The van der Waals surface area contributed by atoms with Crippen molar-refractivity contribution in [3.05, 3.63) is 58.7 Å². The maximum Gasteiger partial charge on any atom is 0.303 e. The van der Waals surface area contributed by atoms with Crippen LogP contribution in [0, 0.1) is 11.6 Å². The average molecular weight is 533 g/mol. The first-order valence-electron chi connectivity index (χ1n) is 12.5. The van der Waals surface area contributed by atoms with Crippen LogP contribution < -0.4 is 10.1 Å². The van der Waals surface area contributed by atoms with E-state index in [1.807, 2.05) is 13.0 Å². The summed E-state index contributed by atoms with van der Waals surface area (Å²) in [6.45, 7) is 5.94. The van der Waals surface area contributed by atoms with Crippen molar-refractivity contribution in [2.24, 2.45) is 0 Å². The molecule has 1 atom stereocenters. The molecule has 0 radical (unpaired) electrons. The number of carboxylic acids is 1. The van der Waals surface area contributed by atoms with E-state index in [0.29, 0.717) is 24.3 Å². The molecule has 0 saturated carbocycles. The molecule has 0 unspecified atom stereocenters. The SMILES string of the molecule is CCOc1ccc2c(c1)CCN(C(=O)CCCC(=O)O)[C@H]2C(=O)Nc1cc(F)c(C(C)(C)COC)c(F)c1. The maximum absolute atomic E-state index is 15.0. The molecule has 2 N–H and O–H groups in total. The van der Waals surface area contributed by atoms with Gasteiger partial charge in [-0.25, -0.2) is 8.78 Å². The smallest absolute Gasteiger partial charge is 0.303 e. The first kappa shape index (κ1) is 29.0. The van der Waals surface area contributed by atoms with Gasteiger partial charge in [0.05, 0.1) is 13.2 Å². The van der Waals surface area contributed by atoms with Crippen LogP contribution >= 0.6 is 0 Å². The van der Waals surface area contributed by atoms with E-state index >= 15 is 8.78 Å². The number of halogens is 2. The summed E-state index contributed by atoms with van der Waals surface area (Å²) in [6, 6.07) is 6.26. The predicted molar refractivity (Wildman–Crippen MR) is 137 cm³/mol. The quantitative estimate of drug-likeness (QED) is 0.438. The molecular weight excluding hydrogens is 498 g/mol. The number of nitrogens with zero attached hydrogens (tertiary/aromatic N) is 1. The number of anilines is 1. The monoisotopic (exact) mass is 532 g/mol. The third-order valence-corrected chi connectivity index (χ3v) is 6.50. The number of amides is 2. The highest BCUT2D eigenvalue weighted by Gasteiger charge is 2.36. The molecule has 1 heterocycles. The van der Waals surface area contributed by atoms with Gasteiger partial charge in [0.1, 0.15) is 23.4 Å². The first-order valence-corrected chi connectivity index (χ1v) is 12.5. The lowest BCUT2D eigenvalue weighted by atomic mass is 9.84. The zero-order valence-corrected chi connectivity index (χ0v) is 22.1. The van der Waals surface area contributed by atoms with E-state index in [0.717, 1.165) is 17.7 Å². The molecule has 2 amide bonds. The summed E-state index contributed by atoms with van der Waals surface area (Å²) in [5, 5.41) is 11.5. The van der Waals surface area contributed by atoms with Gasteiger partial charge in [0, 0.05) is 43.2 Å². The van der Waals surface area contributed by atoms with Gasteiger partial charge in [-0.3, -0.25) is 14.4 Å². The van der Waals surface area contributed by atoms with Crippen LogP contribution in [0.1, 0.15) is 62.8 Å². The van der Waals surface area contributed by atoms with Crippen molar-refractivity contribution < 1.29 is 37.7 Å². The molecule has 3 rings (SSSR count). The lowest BCUT2D eigenvalue weighted by Gasteiger charge is -2.36. The molecule has 10 heteroatoms. The van der Waals surface area contributed by atoms with Gasteiger partial charge in [-0.2, -0.15) is 0 Å². The second kappa shape index (κ2) is 12.3.